The van der Waals surface area contributed by atoms with Crippen molar-refractivity contribution in [3.63, 3.8) is 0 Å². The minimum atomic E-state index is -0.537. The van der Waals surface area contributed by atoms with Crippen molar-refractivity contribution in [1.82, 2.24) is 0 Å². The van der Waals surface area contributed by atoms with E-state index in [2.05, 4.69) is 27.9 Å². The first kappa shape index (κ1) is 23.9. The molecule has 0 fully saturated rings. The van der Waals surface area contributed by atoms with Crippen LogP contribution in [0, 0.1) is 14.9 Å². The standard InChI is InChI=1S/C24H17Cl2IN2O3/c1-31-22-11-16(8-17(13-28)24(30)29-20-7-3-6-19(26)12-20)10-21(27)23(22)32-14-15-4-2-5-18(25)9-15/h2-12H,14H2,1H3,(H,29,30)/b17-8+. The molecule has 0 atom stereocenters. The molecule has 0 saturated carbocycles. The van der Waals surface area contributed by atoms with E-state index in [1.165, 1.54) is 13.2 Å². The maximum Gasteiger partial charge on any atom is 0.266 e. The van der Waals surface area contributed by atoms with Crippen LogP contribution in [0.25, 0.3) is 6.08 Å². The summed E-state index contributed by atoms with van der Waals surface area (Å²) in [7, 11) is 1.53. The number of nitrogens with zero attached hydrogens (tertiary/aromatic N) is 1. The molecule has 1 N–H and O–H groups in total. The highest BCUT2D eigenvalue weighted by Crippen LogP contribution is 2.35. The van der Waals surface area contributed by atoms with Crippen LogP contribution in [0.2, 0.25) is 10.0 Å². The third-order valence-electron chi connectivity index (χ3n) is 4.28. The number of carbonyl (C=O) groups excluding carboxylic acids is 1. The second-order valence-corrected chi connectivity index (χ2v) is 8.62. The highest BCUT2D eigenvalue weighted by atomic mass is 127. The van der Waals surface area contributed by atoms with E-state index in [0.29, 0.717) is 39.4 Å². The predicted octanol–water partition coefficient (Wildman–Crippen LogP) is 6.73. The van der Waals surface area contributed by atoms with E-state index in [0.717, 1.165) is 9.13 Å². The number of ether oxygens (including phenoxy) is 2. The average molecular weight is 579 g/mol. The number of benzene rings is 3. The normalized spacial score (nSPS) is 10.9. The van der Waals surface area contributed by atoms with Crippen LogP contribution in [0.15, 0.2) is 66.2 Å². The Balaban J connectivity index is 1.82. The van der Waals surface area contributed by atoms with Gasteiger partial charge < -0.3 is 14.8 Å². The smallest absolute Gasteiger partial charge is 0.266 e. The lowest BCUT2D eigenvalue weighted by atomic mass is 10.1. The van der Waals surface area contributed by atoms with Crippen LogP contribution in [0.5, 0.6) is 11.5 Å². The predicted molar refractivity (Wildman–Crippen MR) is 135 cm³/mol. The first-order chi connectivity index (χ1) is 15.4. The second-order valence-electron chi connectivity index (χ2n) is 6.59. The zero-order chi connectivity index (χ0) is 23.1. The summed E-state index contributed by atoms with van der Waals surface area (Å²) in [4.78, 5) is 12.5. The van der Waals surface area contributed by atoms with Gasteiger partial charge in [0.15, 0.2) is 11.5 Å². The summed E-state index contributed by atoms with van der Waals surface area (Å²) in [5.74, 6) is 0.509. The number of hydrogen-bond acceptors (Lipinski definition) is 4. The molecule has 0 aliphatic carbocycles. The fourth-order valence-corrected chi connectivity index (χ4v) is 4.01. The monoisotopic (exact) mass is 578 g/mol. The van der Waals surface area contributed by atoms with Crippen molar-refractivity contribution in [1.29, 1.82) is 5.26 Å². The van der Waals surface area contributed by atoms with Gasteiger partial charge in [-0.2, -0.15) is 5.26 Å². The Hall–Kier alpha value is -2.73. The molecule has 8 heteroatoms. The van der Waals surface area contributed by atoms with Gasteiger partial charge in [0.1, 0.15) is 18.2 Å². The van der Waals surface area contributed by atoms with Gasteiger partial charge in [0.25, 0.3) is 5.91 Å². The average Bonchev–Trinajstić information content (AvgIpc) is 2.76. The molecule has 0 spiro atoms. The summed E-state index contributed by atoms with van der Waals surface area (Å²) in [6.45, 7) is 0.313. The number of amides is 1. The fraction of sp³-hybridized carbons (Fsp3) is 0.0833. The zero-order valence-electron chi connectivity index (χ0n) is 16.9. The molecule has 0 saturated heterocycles. The van der Waals surface area contributed by atoms with E-state index in [4.69, 9.17) is 32.7 Å². The summed E-state index contributed by atoms with van der Waals surface area (Å²) in [6, 6.07) is 19.6. The lowest BCUT2D eigenvalue weighted by molar-refractivity contribution is -0.112. The summed E-state index contributed by atoms with van der Waals surface area (Å²) in [5, 5.41) is 13.3. The number of hydrogen-bond donors (Lipinski definition) is 1. The van der Waals surface area contributed by atoms with E-state index in [1.807, 2.05) is 24.3 Å². The number of carbonyl (C=O) groups is 1. The van der Waals surface area contributed by atoms with Crippen LogP contribution in [0.1, 0.15) is 11.1 Å². The largest absolute Gasteiger partial charge is 0.493 e. The van der Waals surface area contributed by atoms with Gasteiger partial charge in [-0.1, -0.05) is 41.4 Å². The molecule has 3 rings (SSSR count). The Morgan fingerprint density at radius 2 is 1.84 bits per heavy atom. The van der Waals surface area contributed by atoms with Crippen molar-refractivity contribution >= 4 is 63.5 Å². The molecule has 5 nitrogen and oxygen atoms in total. The van der Waals surface area contributed by atoms with Crippen molar-refractivity contribution in [3.05, 3.63) is 91.0 Å². The number of nitrogens with one attached hydrogen (secondary N) is 1. The molecule has 1 amide bonds. The topological polar surface area (TPSA) is 71.3 Å². The van der Waals surface area contributed by atoms with Crippen molar-refractivity contribution in [2.24, 2.45) is 0 Å². The Morgan fingerprint density at radius 3 is 2.50 bits per heavy atom. The van der Waals surface area contributed by atoms with E-state index in [9.17, 15) is 10.1 Å². The number of methoxy groups -OCH3 is 1. The van der Waals surface area contributed by atoms with E-state index in [1.54, 1.807) is 42.5 Å². The van der Waals surface area contributed by atoms with Gasteiger partial charge in [-0.25, -0.2) is 0 Å². The highest BCUT2D eigenvalue weighted by Gasteiger charge is 2.14. The maximum absolute atomic E-state index is 12.5. The van der Waals surface area contributed by atoms with Gasteiger partial charge >= 0.3 is 0 Å². The van der Waals surface area contributed by atoms with Crippen LogP contribution in [0.4, 0.5) is 5.69 Å². The SMILES string of the molecule is COc1cc(/C=C(\C#N)C(=O)Nc2cccc(Cl)c2)cc(I)c1OCc1cccc(Cl)c1. The molecule has 162 valence electrons. The van der Waals surface area contributed by atoms with E-state index >= 15 is 0 Å². The van der Waals surface area contributed by atoms with Crippen molar-refractivity contribution in [3.8, 4) is 17.6 Å². The van der Waals surface area contributed by atoms with Crippen LogP contribution < -0.4 is 14.8 Å². The van der Waals surface area contributed by atoms with Crippen LogP contribution in [0.3, 0.4) is 0 Å². The molecule has 3 aromatic rings. The molecular formula is C24H17Cl2IN2O3. The first-order valence-corrected chi connectivity index (χ1v) is 11.2. The summed E-state index contributed by atoms with van der Waals surface area (Å²) in [5.41, 5.74) is 1.99. The second kappa shape index (κ2) is 11.2. The van der Waals surface area contributed by atoms with Gasteiger partial charge in [-0.3, -0.25) is 4.79 Å². The Bertz CT molecular complexity index is 1220. The Labute approximate surface area is 209 Å². The molecule has 32 heavy (non-hydrogen) atoms. The Kier molecular flexibility index (Phi) is 8.39. The number of anilines is 1. The molecule has 0 bridgehead atoms. The number of rotatable bonds is 7. The van der Waals surface area contributed by atoms with Gasteiger partial charge in [-0.15, -0.1) is 0 Å². The van der Waals surface area contributed by atoms with Gasteiger partial charge in [0, 0.05) is 15.7 Å². The van der Waals surface area contributed by atoms with E-state index < -0.39 is 5.91 Å². The lowest BCUT2D eigenvalue weighted by Gasteiger charge is -2.14. The van der Waals surface area contributed by atoms with Gasteiger partial charge in [-0.05, 0) is 82.3 Å². The quantitative estimate of drug-likeness (QED) is 0.192. The molecular weight excluding hydrogens is 562 g/mol. The third-order valence-corrected chi connectivity index (χ3v) is 5.55. The van der Waals surface area contributed by atoms with E-state index in [-0.39, 0.29) is 5.57 Å². The lowest BCUT2D eigenvalue weighted by Crippen LogP contribution is -2.13. The maximum atomic E-state index is 12.5. The third kappa shape index (κ3) is 6.39. The van der Waals surface area contributed by atoms with Crippen LogP contribution >= 0.6 is 45.8 Å². The molecule has 3 aromatic carbocycles. The van der Waals surface area contributed by atoms with Gasteiger partial charge in [0.05, 0.1) is 10.7 Å². The van der Waals surface area contributed by atoms with Crippen molar-refractivity contribution in [2.75, 3.05) is 12.4 Å². The van der Waals surface area contributed by atoms with Crippen molar-refractivity contribution in [2.45, 2.75) is 6.61 Å². The summed E-state index contributed by atoms with van der Waals surface area (Å²) < 4.78 is 12.2. The molecule has 0 unspecified atom stereocenters. The number of nitriles is 1. The number of halogens is 3. The van der Waals surface area contributed by atoms with Crippen molar-refractivity contribution < 1.29 is 14.3 Å². The molecule has 0 aromatic heterocycles. The highest BCUT2D eigenvalue weighted by molar-refractivity contribution is 14.1. The minimum Gasteiger partial charge on any atom is -0.493 e. The van der Waals surface area contributed by atoms with Crippen LogP contribution in [-0.2, 0) is 11.4 Å². The zero-order valence-corrected chi connectivity index (χ0v) is 20.5. The molecule has 0 heterocycles. The summed E-state index contributed by atoms with van der Waals surface area (Å²) in [6.07, 6.45) is 1.49. The first-order valence-electron chi connectivity index (χ1n) is 9.33. The Morgan fingerprint density at radius 1 is 1.12 bits per heavy atom. The fourth-order valence-electron chi connectivity index (χ4n) is 2.83. The molecule has 0 radical (unpaired) electrons. The summed E-state index contributed by atoms with van der Waals surface area (Å²) >= 11 is 14.1. The molecule has 0 aliphatic heterocycles. The van der Waals surface area contributed by atoms with Crippen LogP contribution in [-0.4, -0.2) is 13.0 Å². The minimum absolute atomic E-state index is 0.0598. The molecule has 0 aliphatic rings. The van der Waals surface area contributed by atoms with Gasteiger partial charge in [0.2, 0.25) is 0 Å².